The molecule has 6 aromatic carbocycles. The van der Waals surface area contributed by atoms with E-state index in [1.54, 1.807) is 59.0 Å². The molecule has 0 aliphatic carbocycles. The number of benzene rings is 6. The predicted octanol–water partition coefficient (Wildman–Crippen LogP) is 7.08. The number of para-hydroxylation sites is 2. The maximum absolute atomic E-state index is 16.3. The number of aliphatic hydroxyl groups is 1. The molecule has 0 unspecified atom stereocenters. The van der Waals surface area contributed by atoms with E-state index >= 15 is 9.59 Å². The number of nitrogens with one attached hydrogen (secondary N) is 1. The van der Waals surface area contributed by atoms with Crippen molar-refractivity contribution < 1.29 is 38.9 Å². The Balaban J connectivity index is 1.23. The zero-order valence-electron chi connectivity index (χ0n) is 36.2. The molecule has 0 radical (unpaired) electrons. The highest BCUT2D eigenvalue weighted by molar-refractivity contribution is 6.24. The van der Waals surface area contributed by atoms with E-state index < -0.39 is 65.5 Å². The Morgan fingerprint density at radius 2 is 1.51 bits per heavy atom. The average Bonchev–Trinajstić information content (AvgIpc) is 4.00. The number of hydrogen-bond donors (Lipinski definition) is 3. The standard InChI is InChI=1S/C53H44N6O8/c1-33(35-17-5-2-6-18-35)54-52(65)58-41-28-27-34(16-15-29-57-42-25-13-12-24-40(42)55-56-57)32-39(41)53(51(58)64)44(49(61)62)46-50(63)67-47(37-21-9-4-10-22-37)45(36-19-7-3-8-20-36)59(46)48(53)38-23-11-14-26-43(38)66-31-30-60/h2-14,17-28,32-33,44-48,60H,29-31H2,1H3,(H,54,65)(H,61,62)/t33-,44-,45-,46-,47+,48+,53-/m1/s1. The summed E-state index contributed by atoms with van der Waals surface area (Å²) in [6, 6.07) is 41.9. The third-order valence-electron chi connectivity index (χ3n) is 13.0. The van der Waals surface area contributed by atoms with Gasteiger partial charge in [-0.2, -0.15) is 0 Å². The molecule has 3 aliphatic heterocycles. The molecule has 7 atom stereocenters. The first-order valence-electron chi connectivity index (χ1n) is 22.0. The van der Waals surface area contributed by atoms with Gasteiger partial charge >= 0.3 is 18.0 Å². The molecule has 3 amide bonds. The second-order valence-electron chi connectivity index (χ2n) is 16.7. The Labute approximate surface area is 385 Å². The van der Waals surface area contributed by atoms with Gasteiger partial charge in [0.25, 0.3) is 0 Å². The summed E-state index contributed by atoms with van der Waals surface area (Å²) in [5.41, 5.74) is 2.47. The number of ether oxygens (including phenoxy) is 2. The number of urea groups is 1. The number of aromatic nitrogens is 3. The number of rotatable bonds is 10. The first kappa shape index (κ1) is 42.8. The molecule has 1 aromatic heterocycles. The Morgan fingerprint density at radius 3 is 2.24 bits per heavy atom. The van der Waals surface area contributed by atoms with Gasteiger partial charge in [0.2, 0.25) is 5.91 Å². The third-order valence-corrected chi connectivity index (χ3v) is 13.0. The summed E-state index contributed by atoms with van der Waals surface area (Å²) < 4.78 is 14.3. The number of hydrogen-bond acceptors (Lipinski definition) is 10. The Bertz CT molecular complexity index is 3080. The number of carboxylic acid groups (broad SMARTS) is 1. The molecule has 3 aliphatic rings. The number of fused-ring (bicyclic) bond motifs is 4. The minimum absolute atomic E-state index is 0.128. The Morgan fingerprint density at radius 1 is 0.836 bits per heavy atom. The van der Waals surface area contributed by atoms with E-state index in [0.717, 1.165) is 16.0 Å². The van der Waals surface area contributed by atoms with E-state index in [-0.39, 0.29) is 36.8 Å². The number of aliphatic carboxylic acids is 1. The van der Waals surface area contributed by atoms with Crippen LogP contribution in [0.1, 0.15) is 64.5 Å². The number of imide groups is 1. The number of carbonyl (C=O) groups excluding carboxylic acids is 3. The van der Waals surface area contributed by atoms with Gasteiger partial charge in [-0.15, -0.1) is 5.10 Å². The van der Waals surface area contributed by atoms with Crippen LogP contribution in [0.3, 0.4) is 0 Å². The largest absolute Gasteiger partial charge is 0.491 e. The highest BCUT2D eigenvalue weighted by Crippen LogP contribution is 2.66. The summed E-state index contributed by atoms with van der Waals surface area (Å²) >= 11 is 0. The van der Waals surface area contributed by atoms with Crippen LogP contribution in [-0.2, 0) is 31.1 Å². The molecule has 0 bridgehead atoms. The summed E-state index contributed by atoms with van der Waals surface area (Å²) in [5, 5.41) is 33.3. The maximum Gasteiger partial charge on any atom is 0.329 e. The normalized spacial score (nSPS) is 22.4. The van der Waals surface area contributed by atoms with Gasteiger partial charge < -0.3 is 25.0 Å². The number of amides is 3. The van der Waals surface area contributed by atoms with Crippen LogP contribution >= 0.6 is 0 Å². The van der Waals surface area contributed by atoms with E-state index in [0.29, 0.717) is 27.8 Å². The van der Waals surface area contributed by atoms with Crippen molar-refractivity contribution in [1.29, 1.82) is 0 Å². The minimum atomic E-state index is -2.21. The molecule has 67 heavy (non-hydrogen) atoms. The molecule has 2 fully saturated rings. The molecular weight excluding hydrogens is 849 g/mol. The molecule has 3 N–H and O–H groups in total. The summed E-state index contributed by atoms with van der Waals surface area (Å²) in [6.07, 6.45) is -0.975. The lowest BCUT2D eigenvalue weighted by atomic mass is 9.65. The highest BCUT2D eigenvalue weighted by atomic mass is 16.6. The first-order valence-corrected chi connectivity index (χ1v) is 22.0. The van der Waals surface area contributed by atoms with Crippen molar-refractivity contribution in [3.05, 3.63) is 191 Å². The molecular formula is C53H44N6O8. The molecule has 334 valence electrons. The monoisotopic (exact) mass is 892 g/mol. The van der Waals surface area contributed by atoms with Crippen molar-refractivity contribution in [3.63, 3.8) is 0 Å². The number of morpholine rings is 1. The van der Waals surface area contributed by atoms with E-state index in [2.05, 4.69) is 27.5 Å². The molecule has 10 rings (SSSR count). The van der Waals surface area contributed by atoms with Crippen LogP contribution in [-0.4, -0.2) is 73.2 Å². The van der Waals surface area contributed by atoms with Gasteiger partial charge in [-0.25, -0.2) is 14.4 Å². The van der Waals surface area contributed by atoms with Gasteiger partial charge in [-0.05, 0) is 65.6 Å². The van der Waals surface area contributed by atoms with Gasteiger partial charge in [-0.1, -0.05) is 138 Å². The lowest BCUT2D eigenvalue weighted by Gasteiger charge is -2.46. The fourth-order valence-corrected chi connectivity index (χ4v) is 10.3. The lowest BCUT2D eigenvalue weighted by Crippen LogP contribution is -2.54. The zero-order valence-corrected chi connectivity index (χ0v) is 36.2. The van der Waals surface area contributed by atoms with Crippen molar-refractivity contribution in [2.24, 2.45) is 5.92 Å². The lowest BCUT2D eigenvalue weighted by molar-refractivity contribution is -0.179. The van der Waals surface area contributed by atoms with E-state index in [9.17, 15) is 19.8 Å². The number of nitrogens with zero attached hydrogens (tertiary/aromatic N) is 5. The smallest absolute Gasteiger partial charge is 0.329 e. The van der Waals surface area contributed by atoms with Crippen LogP contribution in [0.4, 0.5) is 10.5 Å². The highest BCUT2D eigenvalue weighted by Gasteiger charge is 2.76. The van der Waals surface area contributed by atoms with E-state index in [4.69, 9.17) is 9.47 Å². The van der Waals surface area contributed by atoms with Crippen LogP contribution in [0.5, 0.6) is 5.75 Å². The minimum Gasteiger partial charge on any atom is -0.491 e. The predicted molar refractivity (Wildman–Crippen MR) is 246 cm³/mol. The van der Waals surface area contributed by atoms with Crippen LogP contribution < -0.4 is 15.0 Å². The second-order valence-corrected chi connectivity index (χ2v) is 16.7. The fourth-order valence-electron chi connectivity index (χ4n) is 10.3. The van der Waals surface area contributed by atoms with Crippen molar-refractivity contribution in [1.82, 2.24) is 25.2 Å². The second kappa shape index (κ2) is 17.7. The Kier molecular flexibility index (Phi) is 11.3. The van der Waals surface area contributed by atoms with Crippen LogP contribution in [0.2, 0.25) is 0 Å². The van der Waals surface area contributed by atoms with Crippen LogP contribution in [0, 0.1) is 17.8 Å². The topological polar surface area (TPSA) is 176 Å². The molecule has 4 heterocycles. The average molecular weight is 893 g/mol. The number of anilines is 1. The van der Waals surface area contributed by atoms with Gasteiger partial charge in [0.1, 0.15) is 47.9 Å². The number of carboxylic acids is 1. The van der Waals surface area contributed by atoms with Crippen LogP contribution in [0.25, 0.3) is 11.0 Å². The molecule has 1 spiro atoms. The summed E-state index contributed by atoms with van der Waals surface area (Å²) in [6.45, 7) is 1.48. The van der Waals surface area contributed by atoms with Crippen molar-refractivity contribution in [2.75, 3.05) is 18.1 Å². The quantitative estimate of drug-likeness (QED) is 0.0946. The van der Waals surface area contributed by atoms with Gasteiger partial charge in [0, 0.05) is 11.1 Å². The summed E-state index contributed by atoms with van der Waals surface area (Å²) in [7, 11) is 0. The molecule has 14 nitrogen and oxygen atoms in total. The summed E-state index contributed by atoms with van der Waals surface area (Å²) in [4.78, 5) is 63.5. The Hall–Kier alpha value is -8.12. The van der Waals surface area contributed by atoms with Gasteiger partial charge in [0.05, 0.1) is 35.9 Å². The third kappa shape index (κ3) is 7.25. The molecule has 7 aromatic rings. The number of cyclic esters (lactones) is 1. The number of esters is 1. The van der Waals surface area contributed by atoms with Gasteiger partial charge in [0.15, 0.2) is 0 Å². The van der Waals surface area contributed by atoms with E-state index in [1.165, 1.54) is 0 Å². The van der Waals surface area contributed by atoms with Crippen molar-refractivity contribution in [2.45, 2.75) is 49.2 Å². The number of aliphatic hydroxyl groups excluding tert-OH is 1. The van der Waals surface area contributed by atoms with Crippen molar-refractivity contribution >= 4 is 40.6 Å². The SMILES string of the molecule is C[C@@H](NC(=O)N1C(=O)[C@@]2(c3cc(C#CCn4nnc5ccccc54)ccc31)[C@H](c1ccccc1OCCO)N1[C@H](c3ccccc3)[C@H](c3ccccc3)OC(=O)[C@H]1[C@@H]2C(=O)O)c1ccccc1. The zero-order chi connectivity index (χ0) is 46.2. The molecule has 2 saturated heterocycles. The van der Waals surface area contributed by atoms with E-state index in [1.807, 2.05) is 115 Å². The summed E-state index contributed by atoms with van der Waals surface area (Å²) in [5.74, 6) is 1.60. The van der Waals surface area contributed by atoms with Crippen LogP contribution in [0.15, 0.2) is 158 Å². The first-order chi connectivity index (χ1) is 32.7. The fraction of sp³-hybridized carbons (Fsp3) is 0.208. The maximum atomic E-state index is 16.3. The van der Waals surface area contributed by atoms with Gasteiger partial charge in [-0.3, -0.25) is 19.3 Å². The van der Waals surface area contributed by atoms with Crippen molar-refractivity contribution in [3.8, 4) is 17.6 Å². The molecule has 0 saturated carbocycles. The molecule has 14 heteroatoms. The number of carbonyl (C=O) groups is 4.